The highest BCUT2D eigenvalue weighted by atomic mass is 35.5. The molecule has 11 heavy (non-hydrogen) atoms. The Morgan fingerprint density at radius 2 is 2.45 bits per heavy atom. The van der Waals surface area contributed by atoms with Crippen molar-refractivity contribution in [1.29, 1.82) is 0 Å². The lowest BCUT2D eigenvalue weighted by molar-refractivity contribution is 1.26. The molecule has 0 amide bonds. The minimum Gasteiger partial charge on any atom is -0.179 e. The molecular formula is C8H9ClS2. The van der Waals surface area contributed by atoms with E-state index in [0.29, 0.717) is 0 Å². The average Bonchev–Trinajstić information content (AvgIpc) is 2.37. The fraction of sp³-hybridized carbons (Fsp3) is 0.250. The fourth-order valence-electron chi connectivity index (χ4n) is 0.707. The van der Waals surface area contributed by atoms with Crippen LogP contribution in [0, 0.1) is 0 Å². The van der Waals surface area contributed by atoms with Gasteiger partial charge in [0.15, 0.2) is 0 Å². The van der Waals surface area contributed by atoms with Gasteiger partial charge in [0.2, 0.25) is 0 Å². The molecule has 0 aliphatic heterocycles. The molecule has 0 nitrogen and oxygen atoms in total. The molecule has 0 spiro atoms. The van der Waals surface area contributed by atoms with Crippen LogP contribution in [0.4, 0.5) is 0 Å². The maximum absolute atomic E-state index is 5.87. The van der Waals surface area contributed by atoms with Crippen molar-refractivity contribution in [3.05, 3.63) is 27.4 Å². The van der Waals surface area contributed by atoms with Crippen molar-refractivity contribution in [3.8, 4) is 0 Å². The van der Waals surface area contributed by atoms with E-state index in [9.17, 15) is 0 Å². The largest absolute Gasteiger partial charge is 0.179 e. The van der Waals surface area contributed by atoms with E-state index in [-0.39, 0.29) is 0 Å². The highest BCUT2D eigenvalue weighted by molar-refractivity contribution is 7.80. The smallest absolute Gasteiger partial charge is 0.100 e. The van der Waals surface area contributed by atoms with Crippen LogP contribution in [-0.2, 0) is 0 Å². The van der Waals surface area contributed by atoms with Gasteiger partial charge in [-0.2, -0.15) is 12.6 Å². The van der Waals surface area contributed by atoms with E-state index < -0.39 is 0 Å². The molecule has 60 valence electrons. The van der Waals surface area contributed by atoms with E-state index in [1.165, 1.54) is 0 Å². The van der Waals surface area contributed by atoms with Crippen molar-refractivity contribution in [2.45, 2.75) is 6.42 Å². The Hall–Kier alpha value is 0.0800. The zero-order chi connectivity index (χ0) is 8.10. The van der Waals surface area contributed by atoms with E-state index in [2.05, 4.69) is 18.7 Å². The van der Waals surface area contributed by atoms with Gasteiger partial charge in [-0.25, -0.2) is 0 Å². The maximum Gasteiger partial charge on any atom is 0.100 e. The van der Waals surface area contributed by atoms with E-state index in [1.807, 2.05) is 17.5 Å². The van der Waals surface area contributed by atoms with Crippen LogP contribution in [-0.4, -0.2) is 5.75 Å². The summed E-state index contributed by atoms with van der Waals surface area (Å²) in [5.74, 6) is 0.887. The number of thiol groups is 1. The third-order valence-corrected chi connectivity index (χ3v) is 2.70. The number of hydrogen-bond acceptors (Lipinski definition) is 2. The Balaban J connectivity index is 2.56. The van der Waals surface area contributed by atoms with Crippen LogP contribution in [0.3, 0.4) is 0 Å². The van der Waals surface area contributed by atoms with Gasteiger partial charge >= 0.3 is 0 Å². The summed E-state index contributed by atoms with van der Waals surface area (Å²) in [6.45, 7) is 0. The second kappa shape index (κ2) is 4.86. The lowest BCUT2D eigenvalue weighted by Crippen LogP contribution is -1.67. The van der Waals surface area contributed by atoms with Gasteiger partial charge in [-0.3, -0.25) is 0 Å². The topological polar surface area (TPSA) is 0 Å². The Bertz CT molecular complexity index is 240. The normalized spacial score (nSPS) is 11.1. The van der Waals surface area contributed by atoms with Crippen LogP contribution in [0.15, 0.2) is 17.5 Å². The molecular weight excluding hydrogens is 196 g/mol. The van der Waals surface area contributed by atoms with Gasteiger partial charge in [0.05, 0.1) is 0 Å². The van der Waals surface area contributed by atoms with Crippen molar-refractivity contribution < 1.29 is 0 Å². The van der Waals surface area contributed by atoms with Gasteiger partial charge in [0.1, 0.15) is 4.34 Å². The molecule has 1 aromatic heterocycles. The minimum absolute atomic E-state index is 0.861. The summed E-state index contributed by atoms with van der Waals surface area (Å²) in [5.41, 5.74) is 1.11. The quantitative estimate of drug-likeness (QED) is 0.713. The van der Waals surface area contributed by atoms with Gasteiger partial charge in [0.25, 0.3) is 0 Å². The Kier molecular flexibility index (Phi) is 4.05. The Labute approximate surface area is 81.3 Å². The molecule has 3 heteroatoms. The lowest BCUT2D eigenvalue weighted by atomic mass is 10.3. The van der Waals surface area contributed by atoms with Crippen molar-refractivity contribution >= 4 is 41.6 Å². The van der Waals surface area contributed by atoms with Gasteiger partial charge in [-0.05, 0) is 23.6 Å². The summed E-state index contributed by atoms with van der Waals surface area (Å²) < 4.78 is 0.861. The molecule has 1 aromatic rings. The fourth-order valence-corrected chi connectivity index (χ4v) is 1.74. The lowest BCUT2D eigenvalue weighted by Gasteiger charge is -1.86. The average molecular weight is 205 g/mol. The molecule has 0 N–H and O–H groups in total. The SMILES string of the molecule is SCCC=Cc1ccsc1Cl. The first-order valence-corrected chi connectivity index (χ1v) is 5.24. The molecule has 1 heterocycles. The van der Waals surface area contributed by atoms with Crippen LogP contribution in [0.2, 0.25) is 4.34 Å². The van der Waals surface area contributed by atoms with E-state index in [4.69, 9.17) is 11.6 Å². The molecule has 0 atom stereocenters. The number of thiophene rings is 1. The molecule has 0 saturated carbocycles. The van der Waals surface area contributed by atoms with Crippen LogP contribution in [0.1, 0.15) is 12.0 Å². The highest BCUT2D eigenvalue weighted by Crippen LogP contribution is 2.23. The standard InChI is InChI=1S/C8H9ClS2/c9-8-7(4-6-11-8)3-1-2-5-10/h1,3-4,6,10H,2,5H2. The number of hydrogen-bond donors (Lipinski definition) is 1. The van der Waals surface area contributed by atoms with E-state index in [0.717, 1.165) is 22.1 Å². The molecule has 0 bridgehead atoms. The predicted octanol–water partition coefficient (Wildman–Crippen LogP) is 3.73. The highest BCUT2D eigenvalue weighted by Gasteiger charge is 1.94. The van der Waals surface area contributed by atoms with Crippen LogP contribution in [0.25, 0.3) is 6.08 Å². The summed E-state index contributed by atoms with van der Waals surface area (Å²) in [5, 5.41) is 1.99. The zero-order valence-corrected chi connectivity index (χ0v) is 8.42. The third kappa shape index (κ3) is 2.89. The summed E-state index contributed by atoms with van der Waals surface area (Å²) in [4.78, 5) is 0. The summed E-state index contributed by atoms with van der Waals surface area (Å²) in [6.07, 6.45) is 5.12. The number of allylic oxidation sites excluding steroid dienone is 1. The monoisotopic (exact) mass is 204 g/mol. The molecule has 0 radical (unpaired) electrons. The molecule has 1 rings (SSSR count). The van der Waals surface area contributed by atoms with E-state index in [1.54, 1.807) is 11.3 Å². The zero-order valence-electron chi connectivity index (χ0n) is 5.96. The third-order valence-electron chi connectivity index (χ3n) is 1.24. The second-order valence-electron chi connectivity index (χ2n) is 2.06. The molecule has 0 aliphatic rings. The van der Waals surface area contributed by atoms with Crippen molar-refractivity contribution in [2.75, 3.05) is 5.75 Å². The second-order valence-corrected chi connectivity index (χ2v) is 4.03. The van der Waals surface area contributed by atoms with Crippen LogP contribution in [0.5, 0.6) is 0 Å². The number of rotatable bonds is 3. The predicted molar refractivity (Wildman–Crippen MR) is 56.8 cm³/mol. The first-order valence-electron chi connectivity index (χ1n) is 3.35. The summed E-state index contributed by atoms with van der Waals surface area (Å²) >= 11 is 11.5. The summed E-state index contributed by atoms with van der Waals surface area (Å²) in [6, 6.07) is 2.02. The van der Waals surface area contributed by atoms with Crippen LogP contribution < -0.4 is 0 Å². The Morgan fingerprint density at radius 3 is 3.00 bits per heavy atom. The van der Waals surface area contributed by atoms with Gasteiger partial charge < -0.3 is 0 Å². The first kappa shape index (κ1) is 9.17. The van der Waals surface area contributed by atoms with E-state index >= 15 is 0 Å². The van der Waals surface area contributed by atoms with Gasteiger partial charge in [-0.15, -0.1) is 11.3 Å². The Morgan fingerprint density at radius 1 is 1.64 bits per heavy atom. The number of halogens is 1. The van der Waals surface area contributed by atoms with Crippen molar-refractivity contribution in [1.82, 2.24) is 0 Å². The molecule has 0 aliphatic carbocycles. The van der Waals surface area contributed by atoms with Crippen LogP contribution >= 0.6 is 35.6 Å². The molecule has 0 aromatic carbocycles. The molecule has 0 saturated heterocycles. The summed E-state index contributed by atoms with van der Waals surface area (Å²) in [7, 11) is 0. The van der Waals surface area contributed by atoms with Gasteiger partial charge in [0, 0.05) is 5.56 Å². The van der Waals surface area contributed by atoms with Crippen molar-refractivity contribution in [2.24, 2.45) is 0 Å². The first-order chi connectivity index (χ1) is 5.34. The van der Waals surface area contributed by atoms with Crippen molar-refractivity contribution in [3.63, 3.8) is 0 Å². The molecule has 0 fully saturated rings. The molecule has 0 unspecified atom stereocenters. The van der Waals surface area contributed by atoms with Gasteiger partial charge in [-0.1, -0.05) is 23.8 Å². The minimum atomic E-state index is 0.861. The maximum atomic E-state index is 5.87.